The molecule has 33 heavy (non-hydrogen) atoms. The average molecular weight is 442 g/mol. The summed E-state index contributed by atoms with van der Waals surface area (Å²) < 4.78 is 1.79. The van der Waals surface area contributed by atoms with Crippen LogP contribution in [0.4, 0.5) is 5.69 Å². The number of pyridine rings is 2. The Labute approximate surface area is 193 Å². The van der Waals surface area contributed by atoms with Crippen LogP contribution in [0, 0.1) is 5.92 Å². The van der Waals surface area contributed by atoms with Crippen LogP contribution in [0.15, 0.2) is 53.7 Å². The number of H-pyrrole nitrogens is 1. The largest absolute Gasteiger partial charge is 0.370 e. The van der Waals surface area contributed by atoms with E-state index in [9.17, 15) is 4.79 Å². The number of fused-ring (bicyclic) bond motifs is 2. The van der Waals surface area contributed by atoms with Crippen LogP contribution < -0.4 is 15.8 Å². The maximum absolute atomic E-state index is 13.3. The summed E-state index contributed by atoms with van der Waals surface area (Å²) in [6, 6.07) is 10.7. The molecule has 2 N–H and O–H groups in total. The van der Waals surface area contributed by atoms with E-state index in [0.29, 0.717) is 11.9 Å². The standard InChI is InChI=1S/C27H31N5O/c33-27-24-16-29-17-26(31-9-1-2-10-31)23(24)8-11-32(27)18-20-6-7-21-13-22(30-25(21)12-20)15-28-14-19-4-3-5-19/h6-8,11-13,16-17,19,28,30H,1-5,9-10,14-15,18H2. The Morgan fingerprint density at radius 1 is 1.03 bits per heavy atom. The number of anilines is 1. The highest BCUT2D eigenvalue weighted by molar-refractivity contribution is 5.92. The molecule has 0 amide bonds. The normalized spacial score (nSPS) is 16.7. The van der Waals surface area contributed by atoms with Crippen LogP contribution in [0.2, 0.25) is 0 Å². The Morgan fingerprint density at radius 2 is 1.91 bits per heavy atom. The van der Waals surface area contributed by atoms with Gasteiger partial charge in [-0.2, -0.15) is 0 Å². The van der Waals surface area contributed by atoms with Gasteiger partial charge >= 0.3 is 0 Å². The van der Waals surface area contributed by atoms with Crippen molar-refractivity contribution < 1.29 is 0 Å². The molecule has 0 radical (unpaired) electrons. The second kappa shape index (κ2) is 8.67. The number of hydrogen-bond acceptors (Lipinski definition) is 4. The molecule has 1 aliphatic heterocycles. The summed E-state index contributed by atoms with van der Waals surface area (Å²) >= 11 is 0. The molecule has 0 unspecified atom stereocenters. The van der Waals surface area contributed by atoms with Crippen LogP contribution in [-0.4, -0.2) is 34.2 Å². The summed E-state index contributed by atoms with van der Waals surface area (Å²) in [4.78, 5) is 23.5. The zero-order valence-corrected chi connectivity index (χ0v) is 19.0. The van der Waals surface area contributed by atoms with Crippen molar-refractivity contribution in [2.45, 2.75) is 45.2 Å². The molecule has 1 aromatic carbocycles. The minimum Gasteiger partial charge on any atom is -0.370 e. The van der Waals surface area contributed by atoms with E-state index >= 15 is 0 Å². The molecular weight excluding hydrogens is 410 g/mol. The minimum atomic E-state index is 0.0218. The number of benzene rings is 1. The maximum Gasteiger partial charge on any atom is 0.260 e. The Hall–Kier alpha value is -3.12. The number of aromatic amines is 1. The Balaban J connectivity index is 1.22. The SMILES string of the molecule is O=c1c2cncc(N3CCCC3)c2ccn1Cc1ccc2cc(CNCC3CCC3)[nH]c2c1. The average Bonchev–Trinajstić information content (AvgIpc) is 3.47. The van der Waals surface area contributed by atoms with Crippen molar-refractivity contribution in [1.29, 1.82) is 0 Å². The lowest BCUT2D eigenvalue weighted by Crippen LogP contribution is -2.26. The van der Waals surface area contributed by atoms with Gasteiger partial charge in [0.2, 0.25) is 0 Å². The van der Waals surface area contributed by atoms with Gasteiger partial charge in [0.1, 0.15) is 0 Å². The van der Waals surface area contributed by atoms with Gasteiger partial charge in [0.15, 0.2) is 0 Å². The molecule has 4 heterocycles. The van der Waals surface area contributed by atoms with Crippen LogP contribution in [0.1, 0.15) is 43.4 Å². The first kappa shape index (κ1) is 20.5. The zero-order chi connectivity index (χ0) is 22.2. The van der Waals surface area contributed by atoms with Gasteiger partial charge in [0, 0.05) is 48.6 Å². The van der Waals surface area contributed by atoms with Crippen LogP contribution >= 0.6 is 0 Å². The van der Waals surface area contributed by atoms with E-state index in [4.69, 9.17) is 0 Å². The predicted molar refractivity (Wildman–Crippen MR) is 134 cm³/mol. The first-order valence-corrected chi connectivity index (χ1v) is 12.3. The number of nitrogens with one attached hydrogen (secondary N) is 2. The quantitative estimate of drug-likeness (QED) is 0.446. The number of hydrogen-bond donors (Lipinski definition) is 2. The number of nitrogens with zero attached hydrogens (tertiary/aromatic N) is 3. The monoisotopic (exact) mass is 441 g/mol. The fraction of sp³-hybridized carbons (Fsp3) is 0.407. The third-order valence-corrected chi connectivity index (χ3v) is 7.39. The Bertz CT molecular complexity index is 1340. The minimum absolute atomic E-state index is 0.0218. The van der Waals surface area contributed by atoms with Crippen molar-refractivity contribution >= 4 is 27.4 Å². The number of aromatic nitrogens is 3. The van der Waals surface area contributed by atoms with E-state index < -0.39 is 0 Å². The van der Waals surface area contributed by atoms with Crippen molar-refractivity contribution in [3.63, 3.8) is 0 Å². The smallest absolute Gasteiger partial charge is 0.260 e. The molecule has 4 aromatic rings. The Kier molecular flexibility index (Phi) is 5.38. The highest BCUT2D eigenvalue weighted by Gasteiger charge is 2.17. The lowest BCUT2D eigenvalue weighted by molar-refractivity contribution is 0.301. The molecule has 0 atom stereocenters. The molecule has 1 aliphatic carbocycles. The van der Waals surface area contributed by atoms with Gasteiger partial charge in [-0.15, -0.1) is 0 Å². The molecule has 170 valence electrons. The molecule has 2 fully saturated rings. The van der Waals surface area contributed by atoms with Crippen molar-refractivity contribution in [2.75, 3.05) is 24.5 Å². The summed E-state index contributed by atoms with van der Waals surface area (Å²) in [5, 5.41) is 6.50. The third kappa shape index (κ3) is 4.04. The van der Waals surface area contributed by atoms with Gasteiger partial charge in [-0.3, -0.25) is 9.78 Å². The summed E-state index contributed by atoms with van der Waals surface area (Å²) in [6.07, 6.45) is 12.1. The van der Waals surface area contributed by atoms with Gasteiger partial charge in [-0.05, 0) is 67.3 Å². The van der Waals surface area contributed by atoms with E-state index in [-0.39, 0.29) is 5.56 Å². The lowest BCUT2D eigenvalue weighted by atomic mass is 9.85. The van der Waals surface area contributed by atoms with Gasteiger partial charge < -0.3 is 19.8 Å². The van der Waals surface area contributed by atoms with Crippen molar-refractivity contribution in [2.24, 2.45) is 5.92 Å². The summed E-state index contributed by atoms with van der Waals surface area (Å²) in [5.74, 6) is 0.864. The fourth-order valence-electron chi connectivity index (χ4n) is 5.26. The molecule has 6 heteroatoms. The van der Waals surface area contributed by atoms with E-state index in [0.717, 1.165) is 54.3 Å². The van der Waals surface area contributed by atoms with Crippen LogP contribution in [0.3, 0.4) is 0 Å². The van der Waals surface area contributed by atoms with E-state index in [1.54, 1.807) is 10.8 Å². The van der Waals surface area contributed by atoms with Gasteiger partial charge in [0.25, 0.3) is 5.56 Å². The number of rotatable bonds is 7. The molecular formula is C27H31N5O. The summed E-state index contributed by atoms with van der Waals surface area (Å²) in [6.45, 7) is 4.61. The molecule has 1 saturated carbocycles. The highest BCUT2D eigenvalue weighted by atomic mass is 16.1. The van der Waals surface area contributed by atoms with Crippen molar-refractivity contribution in [3.8, 4) is 0 Å². The molecule has 6 rings (SSSR count). The molecule has 2 aliphatic rings. The predicted octanol–water partition coefficient (Wildman–Crippen LogP) is 4.42. The maximum atomic E-state index is 13.3. The zero-order valence-electron chi connectivity index (χ0n) is 19.0. The van der Waals surface area contributed by atoms with E-state index in [1.807, 2.05) is 12.4 Å². The fourth-order valence-corrected chi connectivity index (χ4v) is 5.26. The Morgan fingerprint density at radius 3 is 2.73 bits per heavy atom. The molecule has 3 aromatic heterocycles. The van der Waals surface area contributed by atoms with Gasteiger partial charge in [0.05, 0.1) is 23.8 Å². The second-order valence-corrected chi connectivity index (χ2v) is 9.71. The van der Waals surface area contributed by atoms with E-state index in [1.165, 1.54) is 43.2 Å². The lowest BCUT2D eigenvalue weighted by Gasteiger charge is -2.25. The van der Waals surface area contributed by atoms with Crippen LogP contribution in [0.25, 0.3) is 21.7 Å². The molecule has 1 saturated heterocycles. The van der Waals surface area contributed by atoms with Crippen molar-refractivity contribution in [1.82, 2.24) is 19.9 Å². The molecule has 0 spiro atoms. The van der Waals surface area contributed by atoms with Gasteiger partial charge in [-0.25, -0.2) is 0 Å². The van der Waals surface area contributed by atoms with E-state index in [2.05, 4.69) is 50.5 Å². The highest BCUT2D eigenvalue weighted by Crippen LogP contribution is 2.27. The van der Waals surface area contributed by atoms with Gasteiger partial charge in [-0.1, -0.05) is 18.6 Å². The van der Waals surface area contributed by atoms with Crippen molar-refractivity contribution in [3.05, 3.63) is 70.5 Å². The first-order valence-electron chi connectivity index (χ1n) is 12.3. The molecule has 0 bridgehead atoms. The summed E-state index contributed by atoms with van der Waals surface area (Å²) in [7, 11) is 0. The van der Waals surface area contributed by atoms with Crippen LogP contribution in [-0.2, 0) is 13.1 Å². The summed E-state index contributed by atoms with van der Waals surface area (Å²) in [5.41, 5.74) is 4.56. The first-order chi connectivity index (χ1) is 16.2. The second-order valence-electron chi connectivity index (χ2n) is 9.71. The molecule has 6 nitrogen and oxygen atoms in total. The topological polar surface area (TPSA) is 66.0 Å². The third-order valence-electron chi connectivity index (χ3n) is 7.39. The van der Waals surface area contributed by atoms with Crippen LogP contribution in [0.5, 0.6) is 0 Å².